The summed E-state index contributed by atoms with van der Waals surface area (Å²) in [6.07, 6.45) is 2.54. The van der Waals surface area contributed by atoms with E-state index in [1.165, 1.54) is 0 Å². The van der Waals surface area contributed by atoms with Crippen molar-refractivity contribution in [2.24, 2.45) is 0 Å². The average Bonchev–Trinajstić information content (AvgIpc) is 2.56. The number of anilines is 1. The van der Waals surface area contributed by atoms with Gasteiger partial charge in [0.2, 0.25) is 0 Å². The van der Waals surface area contributed by atoms with Gasteiger partial charge in [-0.2, -0.15) is 0 Å². The van der Waals surface area contributed by atoms with Gasteiger partial charge >= 0.3 is 6.09 Å². The summed E-state index contributed by atoms with van der Waals surface area (Å²) < 4.78 is 0. The molecule has 2 aliphatic heterocycles. The molecule has 0 spiro atoms. The summed E-state index contributed by atoms with van der Waals surface area (Å²) in [4.78, 5) is 13.3. The van der Waals surface area contributed by atoms with E-state index in [0.717, 1.165) is 25.7 Å². The summed E-state index contributed by atoms with van der Waals surface area (Å²) in [6, 6.07) is 3.68. The highest BCUT2D eigenvalue weighted by Crippen LogP contribution is 2.50. The Morgan fingerprint density at radius 2 is 1.95 bits per heavy atom. The van der Waals surface area contributed by atoms with Crippen LogP contribution in [0.5, 0.6) is 0 Å². The van der Waals surface area contributed by atoms with Gasteiger partial charge in [-0.25, -0.2) is 4.79 Å². The summed E-state index contributed by atoms with van der Waals surface area (Å²) in [6.45, 7) is 4.07. The zero-order chi connectivity index (χ0) is 15.3. The average molecular weight is 311 g/mol. The third-order valence-corrected chi connectivity index (χ3v) is 5.03. The van der Waals surface area contributed by atoms with Crippen molar-refractivity contribution in [1.82, 2.24) is 15.1 Å². The highest BCUT2D eigenvalue weighted by molar-refractivity contribution is 6.29. The smallest absolute Gasteiger partial charge is 0.408 e. The monoisotopic (exact) mass is 310 g/mol. The number of halogens is 1. The Morgan fingerprint density at radius 1 is 1.33 bits per heavy atom. The van der Waals surface area contributed by atoms with Crippen molar-refractivity contribution in [2.45, 2.75) is 56.7 Å². The molecule has 3 atom stereocenters. The van der Waals surface area contributed by atoms with E-state index < -0.39 is 6.09 Å². The SMILES string of the molecule is C[C@]12CC[C@](C)(C[C@@H](Nc3ccc(Cl)nn3)C1)N2C(=O)O. The number of amides is 1. The van der Waals surface area contributed by atoms with Crippen molar-refractivity contribution in [2.75, 3.05) is 5.32 Å². The van der Waals surface area contributed by atoms with Crippen LogP contribution in [0.2, 0.25) is 5.15 Å². The molecule has 21 heavy (non-hydrogen) atoms. The first kappa shape index (κ1) is 14.4. The van der Waals surface area contributed by atoms with Crippen LogP contribution in [-0.2, 0) is 0 Å². The Bertz CT molecular complexity index is 547. The van der Waals surface area contributed by atoms with Crippen LogP contribution in [-0.4, -0.2) is 43.4 Å². The van der Waals surface area contributed by atoms with E-state index in [1.807, 2.05) is 13.8 Å². The zero-order valence-corrected chi connectivity index (χ0v) is 12.9. The third kappa shape index (κ3) is 2.41. The van der Waals surface area contributed by atoms with Crippen molar-refractivity contribution in [3.63, 3.8) is 0 Å². The predicted octanol–water partition coefficient (Wildman–Crippen LogP) is 3.00. The molecule has 0 saturated carbocycles. The lowest BCUT2D eigenvalue weighted by Gasteiger charge is -2.49. The maximum absolute atomic E-state index is 11.6. The van der Waals surface area contributed by atoms with Crippen LogP contribution in [0, 0.1) is 0 Å². The van der Waals surface area contributed by atoms with Crippen LogP contribution in [0.15, 0.2) is 12.1 Å². The van der Waals surface area contributed by atoms with Crippen molar-refractivity contribution >= 4 is 23.5 Å². The summed E-state index contributed by atoms with van der Waals surface area (Å²) in [7, 11) is 0. The second-order valence-corrected chi connectivity index (χ2v) is 6.99. The molecule has 1 amide bonds. The van der Waals surface area contributed by atoms with Gasteiger partial charge in [-0.15, -0.1) is 10.2 Å². The van der Waals surface area contributed by atoms with E-state index >= 15 is 0 Å². The van der Waals surface area contributed by atoms with Crippen LogP contribution >= 0.6 is 11.6 Å². The van der Waals surface area contributed by atoms with Crippen molar-refractivity contribution < 1.29 is 9.90 Å². The lowest BCUT2D eigenvalue weighted by molar-refractivity contribution is 0.0167. The molecule has 7 heteroatoms. The lowest BCUT2D eigenvalue weighted by atomic mass is 9.82. The molecule has 2 bridgehead atoms. The van der Waals surface area contributed by atoms with Gasteiger partial charge in [0.15, 0.2) is 5.15 Å². The van der Waals surface area contributed by atoms with Crippen LogP contribution < -0.4 is 5.32 Å². The Labute approximate surface area is 128 Å². The molecule has 114 valence electrons. The highest BCUT2D eigenvalue weighted by Gasteiger charge is 2.57. The standard InChI is InChI=1S/C14H19ClN4O2/c1-13-5-6-14(2,19(13)12(20)21)8-9(7-13)16-11-4-3-10(15)17-18-11/h3-4,9H,5-8H2,1-2H3,(H,16,18)(H,20,21)/t9-,13-,14+. The van der Waals surface area contributed by atoms with Gasteiger partial charge in [0.1, 0.15) is 5.82 Å². The second-order valence-electron chi connectivity index (χ2n) is 6.60. The summed E-state index contributed by atoms with van der Waals surface area (Å²) >= 11 is 5.74. The normalized spacial score (nSPS) is 34.8. The number of nitrogens with one attached hydrogen (secondary N) is 1. The van der Waals surface area contributed by atoms with Gasteiger partial charge in [0.05, 0.1) is 0 Å². The molecular formula is C14H19ClN4O2. The predicted molar refractivity (Wildman–Crippen MR) is 79.6 cm³/mol. The first-order chi connectivity index (χ1) is 9.82. The minimum absolute atomic E-state index is 0.188. The topological polar surface area (TPSA) is 78.4 Å². The van der Waals surface area contributed by atoms with Crippen molar-refractivity contribution in [1.29, 1.82) is 0 Å². The van der Waals surface area contributed by atoms with Crippen LogP contribution in [0.25, 0.3) is 0 Å². The number of nitrogens with zero attached hydrogens (tertiary/aromatic N) is 3. The number of hydrogen-bond donors (Lipinski definition) is 2. The first-order valence-electron chi connectivity index (χ1n) is 7.11. The fraction of sp³-hybridized carbons (Fsp3) is 0.643. The summed E-state index contributed by atoms with van der Waals surface area (Å²) in [5.74, 6) is 0.680. The lowest BCUT2D eigenvalue weighted by Crippen LogP contribution is -2.61. The fourth-order valence-electron chi connectivity index (χ4n) is 4.10. The van der Waals surface area contributed by atoms with E-state index in [9.17, 15) is 9.90 Å². The number of aromatic nitrogens is 2. The molecule has 0 aliphatic carbocycles. The number of carboxylic acid groups (broad SMARTS) is 1. The van der Waals surface area contributed by atoms with Gasteiger partial charge in [-0.1, -0.05) is 11.6 Å². The summed E-state index contributed by atoms with van der Waals surface area (Å²) in [5.41, 5.74) is -0.618. The molecular weight excluding hydrogens is 292 g/mol. The molecule has 2 N–H and O–H groups in total. The van der Waals surface area contributed by atoms with E-state index in [2.05, 4.69) is 15.5 Å². The highest BCUT2D eigenvalue weighted by atomic mass is 35.5. The molecule has 0 aromatic carbocycles. The minimum atomic E-state index is -0.817. The zero-order valence-electron chi connectivity index (χ0n) is 12.1. The molecule has 6 nitrogen and oxygen atoms in total. The Balaban J connectivity index is 1.80. The van der Waals surface area contributed by atoms with Crippen molar-refractivity contribution in [3.05, 3.63) is 17.3 Å². The Kier molecular flexibility index (Phi) is 3.24. The quantitative estimate of drug-likeness (QED) is 0.878. The van der Waals surface area contributed by atoms with Gasteiger partial charge in [0.25, 0.3) is 0 Å². The van der Waals surface area contributed by atoms with E-state index in [-0.39, 0.29) is 17.1 Å². The third-order valence-electron chi connectivity index (χ3n) is 4.83. The molecule has 0 radical (unpaired) electrons. The van der Waals surface area contributed by atoms with Gasteiger partial charge in [0, 0.05) is 17.1 Å². The number of rotatable bonds is 2. The summed E-state index contributed by atoms with van der Waals surface area (Å²) in [5, 5.41) is 21.1. The maximum Gasteiger partial charge on any atom is 0.408 e. The first-order valence-corrected chi connectivity index (χ1v) is 7.49. The number of carbonyl (C=O) groups is 1. The van der Waals surface area contributed by atoms with Crippen LogP contribution in [0.1, 0.15) is 39.5 Å². The molecule has 2 fully saturated rings. The Hall–Kier alpha value is -1.56. The van der Waals surface area contributed by atoms with Crippen LogP contribution in [0.4, 0.5) is 10.6 Å². The van der Waals surface area contributed by atoms with Crippen LogP contribution in [0.3, 0.4) is 0 Å². The Morgan fingerprint density at radius 3 is 2.43 bits per heavy atom. The fourth-order valence-corrected chi connectivity index (χ4v) is 4.20. The van der Waals surface area contributed by atoms with E-state index in [1.54, 1.807) is 17.0 Å². The van der Waals surface area contributed by atoms with Gasteiger partial charge in [-0.05, 0) is 51.7 Å². The second kappa shape index (κ2) is 4.73. The largest absolute Gasteiger partial charge is 0.465 e. The van der Waals surface area contributed by atoms with Gasteiger partial charge in [-0.3, -0.25) is 4.90 Å². The molecule has 1 aromatic rings. The van der Waals surface area contributed by atoms with E-state index in [0.29, 0.717) is 11.0 Å². The molecule has 3 rings (SSSR count). The minimum Gasteiger partial charge on any atom is -0.465 e. The van der Waals surface area contributed by atoms with Crippen molar-refractivity contribution in [3.8, 4) is 0 Å². The molecule has 0 unspecified atom stereocenters. The molecule has 2 aliphatic rings. The molecule has 1 aromatic heterocycles. The van der Waals surface area contributed by atoms with E-state index in [4.69, 9.17) is 11.6 Å². The van der Waals surface area contributed by atoms with Gasteiger partial charge < -0.3 is 10.4 Å². The maximum atomic E-state index is 11.6. The molecule has 2 saturated heterocycles. The number of fused-ring (bicyclic) bond motifs is 2. The number of piperidine rings is 1. The number of hydrogen-bond acceptors (Lipinski definition) is 4. The molecule has 3 heterocycles.